The molecule has 2 aromatic rings. The first-order valence-corrected chi connectivity index (χ1v) is 6.03. The minimum Gasteiger partial charge on any atom is -0.481 e. The van der Waals surface area contributed by atoms with Gasteiger partial charge in [-0.2, -0.15) is 0 Å². The summed E-state index contributed by atoms with van der Waals surface area (Å²) in [5.74, 6) is -0.833. The van der Waals surface area contributed by atoms with E-state index in [2.05, 4.69) is 24.3 Å². The van der Waals surface area contributed by atoms with Crippen LogP contribution in [0.15, 0.2) is 60.7 Å². The number of carboxylic acid groups (broad SMARTS) is 1. The SMILES string of the molecule is CC(=O)O.c1ccc(COCc2ccccc2)cc1. The van der Waals surface area contributed by atoms with Gasteiger partial charge in [-0.25, -0.2) is 0 Å². The van der Waals surface area contributed by atoms with Crippen molar-refractivity contribution in [3.05, 3.63) is 71.8 Å². The molecule has 0 aliphatic rings. The molecule has 100 valence electrons. The van der Waals surface area contributed by atoms with Crippen molar-refractivity contribution in [2.24, 2.45) is 0 Å². The van der Waals surface area contributed by atoms with Gasteiger partial charge < -0.3 is 9.84 Å². The molecule has 0 unspecified atom stereocenters. The van der Waals surface area contributed by atoms with E-state index in [1.165, 1.54) is 11.1 Å². The zero-order chi connectivity index (χ0) is 13.9. The van der Waals surface area contributed by atoms with Gasteiger partial charge in [-0.05, 0) is 11.1 Å². The molecule has 0 bridgehead atoms. The summed E-state index contributed by atoms with van der Waals surface area (Å²) in [4.78, 5) is 9.00. The Labute approximate surface area is 113 Å². The Bertz CT molecular complexity index is 422. The number of carboxylic acids is 1. The second-order valence-corrected chi connectivity index (χ2v) is 3.98. The highest BCUT2D eigenvalue weighted by atomic mass is 16.5. The second kappa shape index (κ2) is 8.89. The van der Waals surface area contributed by atoms with Crippen LogP contribution >= 0.6 is 0 Å². The summed E-state index contributed by atoms with van der Waals surface area (Å²) in [5.41, 5.74) is 2.43. The molecule has 0 atom stereocenters. The number of ether oxygens (including phenoxy) is 1. The molecule has 0 fully saturated rings. The van der Waals surface area contributed by atoms with Gasteiger partial charge >= 0.3 is 0 Å². The first-order valence-electron chi connectivity index (χ1n) is 6.03. The van der Waals surface area contributed by atoms with E-state index in [4.69, 9.17) is 14.6 Å². The monoisotopic (exact) mass is 258 g/mol. The summed E-state index contributed by atoms with van der Waals surface area (Å²) in [6.45, 7) is 2.44. The molecule has 1 N–H and O–H groups in total. The van der Waals surface area contributed by atoms with Crippen molar-refractivity contribution in [1.82, 2.24) is 0 Å². The average Bonchev–Trinajstić information content (AvgIpc) is 2.41. The van der Waals surface area contributed by atoms with Gasteiger partial charge in [0.25, 0.3) is 5.97 Å². The standard InChI is InChI=1S/C14H14O.C2H4O2/c1-3-7-13(8-4-1)11-15-12-14-9-5-2-6-10-14;1-2(3)4/h1-10H,11-12H2;1H3,(H,3,4). The number of hydrogen-bond donors (Lipinski definition) is 1. The van der Waals surface area contributed by atoms with Crippen LogP contribution in [-0.2, 0) is 22.7 Å². The first kappa shape index (κ1) is 14.9. The van der Waals surface area contributed by atoms with E-state index in [1.54, 1.807) is 0 Å². The summed E-state index contributed by atoms with van der Waals surface area (Å²) in [6.07, 6.45) is 0. The molecule has 0 amide bonds. The highest BCUT2D eigenvalue weighted by molar-refractivity contribution is 5.62. The third kappa shape index (κ3) is 7.73. The summed E-state index contributed by atoms with van der Waals surface area (Å²) >= 11 is 0. The van der Waals surface area contributed by atoms with Crippen LogP contribution < -0.4 is 0 Å². The zero-order valence-electron chi connectivity index (χ0n) is 11.0. The minimum absolute atomic E-state index is 0.676. The molecular weight excluding hydrogens is 240 g/mol. The van der Waals surface area contributed by atoms with Crippen molar-refractivity contribution in [3.63, 3.8) is 0 Å². The lowest BCUT2D eigenvalue weighted by Crippen LogP contribution is -1.93. The molecule has 2 rings (SSSR count). The van der Waals surface area contributed by atoms with E-state index in [-0.39, 0.29) is 0 Å². The van der Waals surface area contributed by atoms with Crippen molar-refractivity contribution < 1.29 is 14.6 Å². The Hall–Kier alpha value is -2.13. The van der Waals surface area contributed by atoms with Crippen LogP contribution in [0.5, 0.6) is 0 Å². The molecule has 0 radical (unpaired) electrons. The van der Waals surface area contributed by atoms with E-state index < -0.39 is 5.97 Å². The third-order valence-electron chi connectivity index (χ3n) is 2.22. The Balaban J connectivity index is 0.000000399. The lowest BCUT2D eigenvalue weighted by atomic mass is 10.2. The highest BCUT2D eigenvalue weighted by Crippen LogP contribution is 2.05. The molecule has 3 heteroatoms. The summed E-state index contributed by atoms with van der Waals surface area (Å²) < 4.78 is 5.61. The molecule has 0 aromatic heterocycles. The van der Waals surface area contributed by atoms with Crippen molar-refractivity contribution in [3.8, 4) is 0 Å². The van der Waals surface area contributed by atoms with Crippen LogP contribution in [0, 0.1) is 0 Å². The maximum absolute atomic E-state index is 9.00. The summed E-state index contributed by atoms with van der Waals surface area (Å²) in [6, 6.07) is 20.4. The number of carbonyl (C=O) groups is 1. The molecule has 0 aliphatic heterocycles. The smallest absolute Gasteiger partial charge is 0.300 e. The van der Waals surface area contributed by atoms with Crippen molar-refractivity contribution in [2.75, 3.05) is 0 Å². The van der Waals surface area contributed by atoms with E-state index in [0.29, 0.717) is 13.2 Å². The van der Waals surface area contributed by atoms with E-state index in [1.807, 2.05) is 36.4 Å². The molecule has 0 saturated carbocycles. The van der Waals surface area contributed by atoms with Gasteiger partial charge in [0.05, 0.1) is 13.2 Å². The number of hydrogen-bond acceptors (Lipinski definition) is 2. The quantitative estimate of drug-likeness (QED) is 0.913. The lowest BCUT2D eigenvalue weighted by molar-refractivity contribution is -0.134. The minimum atomic E-state index is -0.833. The Morgan fingerprint density at radius 1 is 0.895 bits per heavy atom. The van der Waals surface area contributed by atoms with Crippen LogP contribution in [0.1, 0.15) is 18.1 Å². The molecule has 0 heterocycles. The van der Waals surface area contributed by atoms with Gasteiger partial charge in [-0.1, -0.05) is 60.7 Å². The van der Waals surface area contributed by atoms with Crippen LogP contribution in [0.3, 0.4) is 0 Å². The first-order chi connectivity index (χ1) is 9.18. The van der Waals surface area contributed by atoms with Crippen molar-refractivity contribution >= 4 is 5.97 Å². The molecule has 2 aromatic carbocycles. The molecule has 19 heavy (non-hydrogen) atoms. The Morgan fingerprint density at radius 2 is 1.21 bits per heavy atom. The zero-order valence-corrected chi connectivity index (χ0v) is 11.0. The third-order valence-corrected chi connectivity index (χ3v) is 2.22. The summed E-state index contributed by atoms with van der Waals surface area (Å²) in [7, 11) is 0. The van der Waals surface area contributed by atoms with Crippen LogP contribution in [0.2, 0.25) is 0 Å². The number of rotatable bonds is 4. The van der Waals surface area contributed by atoms with Crippen LogP contribution in [-0.4, -0.2) is 11.1 Å². The van der Waals surface area contributed by atoms with E-state index in [9.17, 15) is 0 Å². The van der Waals surface area contributed by atoms with Gasteiger partial charge in [-0.3, -0.25) is 4.79 Å². The fraction of sp³-hybridized carbons (Fsp3) is 0.188. The average molecular weight is 258 g/mol. The van der Waals surface area contributed by atoms with Gasteiger partial charge in [0.2, 0.25) is 0 Å². The Morgan fingerprint density at radius 3 is 1.53 bits per heavy atom. The van der Waals surface area contributed by atoms with Gasteiger partial charge in [0.15, 0.2) is 0 Å². The fourth-order valence-corrected chi connectivity index (χ4v) is 1.44. The predicted molar refractivity (Wildman–Crippen MR) is 74.7 cm³/mol. The lowest BCUT2D eigenvalue weighted by Gasteiger charge is -2.03. The van der Waals surface area contributed by atoms with Crippen molar-refractivity contribution in [1.29, 1.82) is 0 Å². The van der Waals surface area contributed by atoms with Gasteiger partial charge in [0, 0.05) is 6.92 Å². The van der Waals surface area contributed by atoms with Gasteiger partial charge in [0.1, 0.15) is 0 Å². The van der Waals surface area contributed by atoms with Crippen LogP contribution in [0.25, 0.3) is 0 Å². The molecule has 0 saturated heterocycles. The molecule has 0 spiro atoms. The number of benzene rings is 2. The molecule has 0 aliphatic carbocycles. The van der Waals surface area contributed by atoms with Crippen molar-refractivity contribution in [2.45, 2.75) is 20.1 Å². The van der Waals surface area contributed by atoms with E-state index >= 15 is 0 Å². The normalized spacial score (nSPS) is 9.32. The van der Waals surface area contributed by atoms with E-state index in [0.717, 1.165) is 6.92 Å². The number of aliphatic carboxylic acids is 1. The van der Waals surface area contributed by atoms with Crippen LogP contribution in [0.4, 0.5) is 0 Å². The maximum Gasteiger partial charge on any atom is 0.300 e. The second-order valence-electron chi connectivity index (χ2n) is 3.98. The Kier molecular flexibility index (Phi) is 6.98. The maximum atomic E-state index is 9.00. The molecular formula is C16H18O3. The fourth-order valence-electron chi connectivity index (χ4n) is 1.44. The topological polar surface area (TPSA) is 46.5 Å². The highest BCUT2D eigenvalue weighted by Gasteiger charge is 1.93. The predicted octanol–water partition coefficient (Wildman–Crippen LogP) is 3.49. The molecule has 3 nitrogen and oxygen atoms in total. The summed E-state index contributed by atoms with van der Waals surface area (Å²) in [5, 5.41) is 7.42. The largest absolute Gasteiger partial charge is 0.481 e. The van der Waals surface area contributed by atoms with Gasteiger partial charge in [-0.15, -0.1) is 0 Å².